The lowest BCUT2D eigenvalue weighted by Gasteiger charge is -2.16. The SMILES string of the molecule is C\C=C/C(C(=O)NC1NN=C(Br)S1)=C(\C=C\CC)c1cc(C#N)ccc1OC. The third-order valence-electron chi connectivity index (χ3n) is 3.75. The van der Waals surface area contributed by atoms with E-state index < -0.39 is 0 Å². The van der Waals surface area contributed by atoms with Crippen molar-refractivity contribution in [3.8, 4) is 11.8 Å². The number of nitrogens with one attached hydrogen (secondary N) is 2. The molecule has 1 heterocycles. The first-order valence-corrected chi connectivity index (χ1v) is 10.3. The van der Waals surface area contributed by atoms with Gasteiger partial charge in [0, 0.05) is 11.1 Å². The molecule has 0 spiro atoms. The first-order valence-electron chi connectivity index (χ1n) is 8.62. The van der Waals surface area contributed by atoms with Gasteiger partial charge in [0.2, 0.25) is 0 Å². The van der Waals surface area contributed by atoms with Crippen LogP contribution in [0.25, 0.3) is 5.57 Å². The van der Waals surface area contributed by atoms with E-state index in [2.05, 4.69) is 37.8 Å². The third-order valence-corrected chi connectivity index (χ3v) is 5.24. The number of hydrogen-bond donors (Lipinski definition) is 2. The van der Waals surface area contributed by atoms with Gasteiger partial charge < -0.3 is 10.1 Å². The van der Waals surface area contributed by atoms with Gasteiger partial charge in [0.15, 0.2) is 9.45 Å². The van der Waals surface area contributed by atoms with Crippen LogP contribution in [0.1, 0.15) is 31.4 Å². The maximum atomic E-state index is 13.0. The molecule has 0 fully saturated rings. The lowest BCUT2D eigenvalue weighted by Crippen LogP contribution is -2.39. The minimum atomic E-state index is -0.370. The van der Waals surface area contributed by atoms with Crippen molar-refractivity contribution in [2.75, 3.05) is 7.11 Å². The molecule has 1 aromatic carbocycles. The summed E-state index contributed by atoms with van der Waals surface area (Å²) in [5, 5.41) is 16.2. The van der Waals surface area contributed by atoms with Crippen LogP contribution in [-0.4, -0.2) is 22.5 Å². The predicted octanol–water partition coefficient (Wildman–Crippen LogP) is 4.26. The number of hydrogen-bond acceptors (Lipinski definition) is 6. The van der Waals surface area contributed by atoms with Gasteiger partial charge in [0.1, 0.15) is 5.75 Å². The van der Waals surface area contributed by atoms with E-state index in [0.717, 1.165) is 6.42 Å². The lowest BCUT2D eigenvalue weighted by atomic mass is 9.95. The van der Waals surface area contributed by atoms with Crippen LogP contribution in [0.5, 0.6) is 5.75 Å². The Morgan fingerprint density at radius 3 is 2.86 bits per heavy atom. The third kappa shape index (κ3) is 5.50. The molecule has 0 bridgehead atoms. The summed E-state index contributed by atoms with van der Waals surface area (Å²) in [6.45, 7) is 3.86. The van der Waals surface area contributed by atoms with Crippen LogP contribution in [0.4, 0.5) is 0 Å². The quantitative estimate of drug-likeness (QED) is 0.468. The number of methoxy groups -OCH3 is 1. The highest BCUT2D eigenvalue weighted by atomic mass is 79.9. The van der Waals surface area contributed by atoms with Crippen molar-refractivity contribution in [2.24, 2.45) is 5.10 Å². The summed E-state index contributed by atoms with van der Waals surface area (Å²) < 4.78 is 6.16. The van der Waals surface area contributed by atoms with Crippen LogP contribution in [0.15, 0.2) is 53.2 Å². The number of nitrogens with zero attached hydrogens (tertiary/aromatic N) is 2. The van der Waals surface area contributed by atoms with E-state index in [1.807, 2.05) is 26.0 Å². The zero-order valence-corrected chi connectivity index (χ0v) is 18.2. The van der Waals surface area contributed by atoms with Crippen molar-refractivity contribution in [3.63, 3.8) is 0 Å². The number of carbonyl (C=O) groups is 1. The molecule has 0 saturated carbocycles. The van der Waals surface area contributed by atoms with Gasteiger partial charge in [-0.1, -0.05) is 31.2 Å². The number of nitriles is 1. The van der Waals surface area contributed by atoms with E-state index >= 15 is 0 Å². The molecular weight excluding hydrogens is 440 g/mol. The molecule has 1 atom stereocenters. The number of rotatable bonds is 7. The average Bonchev–Trinajstić information content (AvgIpc) is 3.11. The van der Waals surface area contributed by atoms with Crippen molar-refractivity contribution in [1.82, 2.24) is 10.7 Å². The summed E-state index contributed by atoms with van der Waals surface area (Å²) in [6, 6.07) is 7.29. The maximum Gasteiger partial charge on any atom is 0.254 e. The summed E-state index contributed by atoms with van der Waals surface area (Å²) in [5.41, 5.74) is 4.78. The fraction of sp³-hybridized carbons (Fsp3) is 0.250. The number of hydrazone groups is 1. The standard InChI is InChI=1S/C20H21BrN4O2S/c1-4-6-8-14(16-11-13(12-22)9-10-17(16)27-3)15(7-5-2)18(26)23-20-25-24-19(21)28-20/h5-11,20,25H,4H2,1-3H3,(H,23,26)/b7-5-,8-6+,15-14-. The second-order valence-corrected chi connectivity index (χ2v) is 8.00. The Bertz CT molecular complexity index is 900. The van der Waals surface area contributed by atoms with Gasteiger partial charge in [0.05, 0.1) is 18.7 Å². The Kier molecular flexibility index (Phi) is 8.36. The van der Waals surface area contributed by atoms with E-state index in [0.29, 0.717) is 32.0 Å². The fourth-order valence-electron chi connectivity index (χ4n) is 2.52. The molecule has 1 amide bonds. The number of carbonyl (C=O) groups excluding carboxylic acids is 1. The molecule has 2 rings (SSSR count). The zero-order valence-electron chi connectivity index (χ0n) is 15.8. The Morgan fingerprint density at radius 1 is 1.50 bits per heavy atom. The molecule has 2 N–H and O–H groups in total. The minimum absolute atomic E-state index is 0.263. The Hall–Kier alpha value is -2.50. The van der Waals surface area contributed by atoms with Gasteiger partial charge in [-0.3, -0.25) is 10.2 Å². The van der Waals surface area contributed by atoms with Crippen molar-refractivity contribution in [1.29, 1.82) is 5.26 Å². The van der Waals surface area contributed by atoms with Crippen molar-refractivity contribution in [3.05, 3.63) is 59.2 Å². The number of amides is 1. The van der Waals surface area contributed by atoms with Crippen molar-refractivity contribution in [2.45, 2.75) is 25.8 Å². The van der Waals surface area contributed by atoms with Crippen LogP contribution in [0, 0.1) is 11.3 Å². The topological polar surface area (TPSA) is 86.5 Å². The lowest BCUT2D eigenvalue weighted by molar-refractivity contribution is -0.117. The molecule has 1 aromatic rings. The Balaban J connectivity index is 2.57. The largest absolute Gasteiger partial charge is 0.496 e. The summed E-state index contributed by atoms with van der Waals surface area (Å²) in [6.07, 6.45) is 8.20. The second-order valence-electron chi connectivity index (χ2n) is 5.63. The van der Waals surface area contributed by atoms with Gasteiger partial charge in [-0.05, 0) is 64.8 Å². The molecule has 1 aliphatic rings. The molecular formula is C20H21BrN4O2S. The molecule has 0 aliphatic carbocycles. The van der Waals surface area contributed by atoms with Crippen molar-refractivity contribution < 1.29 is 9.53 Å². The van der Waals surface area contributed by atoms with E-state index in [-0.39, 0.29) is 11.4 Å². The summed E-state index contributed by atoms with van der Waals surface area (Å²) in [4.78, 5) is 13.0. The predicted molar refractivity (Wildman–Crippen MR) is 118 cm³/mol. The van der Waals surface area contributed by atoms with Crippen LogP contribution in [0.2, 0.25) is 0 Å². The number of ether oxygens (including phenoxy) is 1. The van der Waals surface area contributed by atoms with Crippen LogP contribution >= 0.6 is 27.7 Å². The van der Waals surface area contributed by atoms with Crippen LogP contribution < -0.4 is 15.5 Å². The van der Waals surface area contributed by atoms with E-state index in [1.54, 1.807) is 37.5 Å². The van der Waals surface area contributed by atoms with E-state index in [4.69, 9.17) is 4.74 Å². The van der Waals surface area contributed by atoms with E-state index in [1.165, 1.54) is 11.8 Å². The normalized spacial score (nSPS) is 17.1. The molecule has 1 unspecified atom stereocenters. The highest BCUT2D eigenvalue weighted by Crippen LogP contribution is 2.31. The highest BCUT2D eigenvalue weighted by Gasteiger charge is 2.23. The first-order chi connectivity index (χ1) is 13.5. The molecule has 0 radical (unpaired) electrons. The Morgan fingerprint density at radius 2 is 2.29 bits per heavy atom. The number of benzene rings is 1. The minimum Gasteiger partial charge on any atom is -0.496 e. The number of allylic oxidation sites excluding steroid dienone is 4. The molecule has 0 aromatic heterocycles. The Labute approximate surface area is 177 Å². The molecule has 146 valence electrons. The van der Waals surface area contributed by atoms with Crippen LogP contribution in [0.3, 0.4) is 0 Å². The smallest absolute Gasteiger partial charge is 0.254 e. The molecule has 28 heavy (non-hydrogen) atoms. The van der Waals surface area contributed by atoms with Gasteiger partial charge in [0.25, 0.3) is 5.91 Å². The summed E-state index contributed by atoms with van der Waals surface area (Å²) in [5.74, 6) is 0.324. The van der Waals surface area contributed by atoms with Crippen LogP contribution in [-0.2, 0) is 4.79 Å². The monoisotopic (exact) mass is 460 g/mol. The zero-order chi connectivity index (χ0) is 20.5. The summed E-state index contributed by atoms with van der Waals surface area (Å²) >= 11 is 4.65. The van der Waals surface area contributed by atoms with Gasteiger partial charge >= 0.3 is 0 Å². The molecule has 8 heteroatoms. The number of thioether (sulfide) groups is 1. The number of halogens is 1. The molecule has 1 aliphatic heterocycles. The van der Waals surface area contributed by atoms with E-state index in [9.17, 15) is 10.1 Å². The fourth-order valence-corrected chi connectivity index (χ4v) is 3.76. The molecule has 6 nitrogen and oxygen atoms in total. The van der Waals surface area contributed by atoms with Gasteiger partial charge in [-0.2, -0.15) is 10.4 Å². The first kappa shape index (κ1) is 21.8. The van der Waals surface area contributed by atoms with Crippen molar-refractivity contribution >= 4 is 43.1 Å². The highest BCUT2D eigenvalue weighted by molar-refractivity contribution is 9.22. The maximum absolute atomic E-state index is 13.0. The second kappa shape index (κ2) is 10.7. The average molecular weight is 461 g/mol. The summed E-state index contributed by atoms with van der Waals surface area (Å²) in [7, 11) is 1.56. The van der Waals surface area contributed by atoms with Gasteiger partial charge in [-0.15, -0.1) is 0 Å². The molecule has 0 saturated heterocycles. The van der Waals surface area contributed by atoms with Gasteiger partial charge in [-0.25, -0.2) is 0 Å².